The minimum absolute atomic E-state index is 0.0211. The third-order valence-electron chi connectivity index (χ3n) is 4.49. The predicted molar refractivity (Wildman–Crippen MR) is 81.4 cm³/mol. The molecule has 0 spiro atoms. The van der Waals surface area contributed by atoms with Crippen molar-refractivity contribution in [3.05, 3.63) is 18.0 Å². The topological polar surface area (TPSA) is 65.4 Å². The molecule has 0 bridgehead atoms. The molecule has 3 rings (SSSR count). The van der Waals surface area contributed by atoms with Crippen molar-refractivity contribution >= 4 is 5.91 Å². The zero-order valence-electron chi connectivity index (χ0n) is 13.2. The minimum atomic E-state index is -0.0299. The lowest BCUT2D eigenvalue weighted by atomic mass is 9.86. The molecule has 0 radical (unpaired) electrons. The lowest BCUT2D eigenvalue weighted by Crippen LogP contribution is -2.51. The lowest BCUT2D eigenvalue weighted by molar-refractivity contribution is -0.127. The summed E-state index contributed by atoms with van der Waals surface area (Å²) in [6.45, 7) is 4.25. The highest BCUT2D eigenvalue weighted by molar-refractivity contribution is 5.76. The van der Waals surface area contributed by atoms with Crippen LogP contribution < -0.4 is 5.32 Å². The molecule has 1 aromatic heterocycles. The molecular weight excluding hydrogens is 282 g/mol. The van der Waals surface area contributed by atoms with E-state index in [4.69, 9.17) is 9.47 Å². The maximum absolute atomic E-state index is 12.2. The standard InChI is InChI=1S/C16H25N3O3/c1-12-7-17-19(8-12)9-16(20)18-14-5-6-21-11-15(14)22-10-13-3-2-4-13/h7-8,13-15H,2-6,9-11H2,1H3,(H,18,20)/t14-,15-/m1/s1. The van der Waals surface area contributed by atoms with Gasteiger partial charge in [-0.05, 0) is 37.7 Å². The van der Waals surface area contributed by atoms with Gasteiger partial charge in [-0.15, -0.1) is 0 Å². The normalized spacial score (nSPS) is 25.7. The van der Waals surface area contributed by atoms with E-state index >= 15 is 0 Å². The minimum Gasteiger partial charge on any atom is -0.379 e. The highest BCUT2D eigenvalue weighted by Gasteiger charge is 2.29. The Bertz CT molecular complexity index is 499. The number of hydrogen-bond acceptors (Lipinski definition) is 4. The van der Waals surface area contributed by atoms with E-state index in [1.807, 2.05) is 13.1 Å². The van der Waals surface area contributed by atoms with Gasteiger partial charge >= 0.3 is 0 Å². The fourth-order valence-electron chi connectivity index (χ4n) is 2.91. The van der Waals surface area contributed by atoms with Gasteiger partial charge in [-0.3, -0.25) is 9.48 Å². The summed E-state index contributed by atoms with van der Waals surface area (Å²) in [6.07, 6.45) is 8.25. The van der Waals surface area contributed by atoms with Crippen LogP contribution >= 0.6 is 0 Å². The van der Waals surface area contributed by atoms with Gasteiger partial charge in [-0.25, -0.2) is 0 Å². The summed E-state index contributed by atoms with van der Waals surface area (Å²) < 4.78 is 13.2. The number of carbonyl (C=O) groups is 1. The van der Waals surface area contributed by atoms with Crippen molar-refractivity contribution in [3.8, 4) is 0 Å². The molecule has 2 heterocycles. The molecule has 0 unspecified atom stereocenters. The van der Waals surface area contributed by atoms with Crippen molar-refractivity contribution in [1.29, 1.82) is 0 Å². The molecule has 0 aromatic carbocycles. The van der Waals surface area contributed by atoms with Gasteiger partial charge in [-0.1, -0.05) is 6.42 Å². The van der Waals surface area contributed by atoms with Crippen molar-refractivity contribution in [2.75, 3.05) is 19.8 Å². The molecule has 1 aromatic rings. The van der Waals surface area contributed by atoms with E-state index in [9.17, 15) is 4.79 Å². The van der Waals surface area contributed by atoms with Crippen LogP contribution in [-0.2, 0) is 20.8 Å². The van der Waals surface area contributed by atoms with Crippen LogP contribution in [0.1, 0.15) is 31.2 Å². The average molecular weight is 307 g/mol. The fourth-order valence-corrected chi connectivity index (χ4v) is 2.91. The number of carbonyl (C=O) groups excluding carboxylic acids is 1. The predicted octanol–water partition coefficient (Wildman–Crippen LogP) is 1.28. The summed E-state index contributed by atoms with van der Waals surface area (Å²) >= 11 is 0. The molecule has 1 aliphatic heterocycles. The van der Waals surface area contributed by atoms with Gasteiger partial charge in [0.05, 0.1) is 18.8 Å². The van der Waals surface area contributed by atoms with Gasteiger partial charge in [0, 0.05) is 19.4 Å². The summed E-state index contributed by atoms with van der Waals surface area (Å²) in [7, 11) is 0. The Kier molecular flexibility index (Phi) is 5.10. The third kappa shape index (κ3) is 4.08. The molecule has 6 nitrogen and oxygen atoms in total. The van der Waals surface area contributed by atoms with E-state index in [0.717, 1.165) is 18.6 Å². The Morgan fingerprint density at radius 3 is 3.05 bits per heavy atom. The van der Waals surface area contributed by atoms with Gasteiger partial charge in [0.25, 0.3) is 0 Å². The Balaban J connectivity index is 1.48. The van der Waals surface area contributed by atoms with Crippen molar-refractivity contribution in [2.45, 2.75) is 51.3 Å². The van der Waals surface area contributed by atoms with Crippen LogP contribution in [0.4, 0.5) is 0 Å². The van der Waals surface area contributed by atoms with E-state index in [-0.39, 0.29) is 24.6 Å². The number of hydrogen-bond donors (Lipinski definition) is 1. The van der Waals surface area contributed by atoms with Crippen molar-refractivity contribution in [1.82, 2.24) is 15.1 Å². The molecule has 1 amide bonds. The maximum atomic E-state index is 12.2. The smallest absolute Gasteiger partial charge is 0.242 e. The van der Waals surface area contributed by atoms with Gasteiger partial charge in [0.15, 0.2) is 0 Å². The first-order valence-corrected chi connectivity index (χ1v) is 8.18. The number of rotatable bonds is 6. The molecule has 22 heavy (non-hydrogen) atoms. The second kappa shape index (κ2) is 7.24. The number of nitrogens with zero attached hydrogens (tertiary/aromatic N) is 2. The molecule has 2 atom stereocenters. The summed E-state index contributed by atoms with van der Waals surface area (Å²) in [4.78, 5) is 12.2. The molecule has 1 N–H and O–H groups in total. The van der Waals surface area contributed by atoms with Gasteiger partial charge in [-0.2, -0.15) is 5.10 Å². The van der Waals surface area contributed by atoms with Crippen LogP contribution in [0.25, 0.3) is 0 Å². The monoisotopic (exact) mass is 307 g/mol. The molecule has 2 fully saturated rings. The first kappa shape index (κ1) is 15.5. The highest BCUT2D eigenvalue weighted by Crippen LogP contribution is 2.27. The largest absolute Gasteiger partial charge is 0.379 e. The second-order valence-corrected chi connectivity index (χ2v) is 6.42. The molecule has 2 aliphatic rings. The molecule has 122 valence electrons. The Hall–Kier alpha value is -1.40. The van der Waals surface area contributed by atoms with E-state index in [1.165, 1.54) is 19.3 Å². The second-order valence-electron chi connectivity index (χ2n) is 6.42. The SMILES string of the molecule is Cc1cnn(CC(=O)N[C@@H]2CCOC[C@H]2OCC2CCC2)c1. The van der Waals surface area contributed by atoms with E-state index in [0.29, 0.717) is 19.1 Å². The zero-order chi connectivity index (χ0) is 15.4. The van der Waals surface area contributed by atoms with Crippen LogP contribution in [0.5, 0.6) is 0 Å². The Morgan fingerprint density at radius 2 is 2.36 bits per heavy atom. The summed E-state index contributed by atoms with van der Waals surface area (Å²) in [5, 5.41) is 7.23. The highest BCUT2D eigenvalue weighted by atomic mass is 16.5. The number of nitrogens with one attached hydrogen (secondary N) is 1. The van der Waals surface area contributed by atoms with Crippen LogP contribution in [-0.4, -0.2) is 47.7 Å². The number of amides is 1. The first-order chi connectivity index (χ1) is 10.7. The van der Waals surface area contributed by atoms with Crippen molar-refractivity contribution < 1.29 is 14.3 Å². The molecule has 1 aliphatic carbocycles. The van der Waals surface area contributed by atoms with E-state index in [2.05, 4.69) is 10.4 Å². The van der Waals surface area contributed by atoms with Gasteiger partial charge in [0.1, 0.15) is 12.6 Å². The number of aryl methyl sites for hydroxylation is 1. The van der Waals surface area contributed by atoms with E-state index in [1.54, 1.807) is 10.9 Å². The maximum Gasteiger partial charge on any atom is 0.242 e. The molecule has 1 saturated heterocycles. The van der Waals surface area contributed by atoms with Crippen LogP contribution in [0, 0.1) is 12.8 Å². The first-order valence-electron chi connectivity index (χ1n) is 8.18. The van der Waals surface area contributed by atoms with E-state index < -0.39 is 0 Å². The number of aromatic nitrogens is 2. The van der Waals surface area contributed by atoms with Gasteiger partial charge in [0.2, 0.25) is 5.91 Å². The lowest BCUT2D eigenvalue weighted by Gasteiger charge is -2.34. The summed E-state index contributed by atoms with van der Waals surface area (Å²) in [5.74, 6) is 0.678. The quantitative estimate of drug-likeness (QED) is 0.860. The molecule has 6 heteroatoms. The summed E-state index contributed by atoms with van der Waals surface area (Å²) in [6, 6.07) is 0.0398. The Morgan fingerprint density at radius 1 is 1.50 bits per heavy atom. The fraction of sp³-hybridized carbons (Fsp3) is 0.750. The van der Waals surface area contributed by atoms with Gasteiger partial charge < -0.3 is 14.8 Å². The van der Waals surface area contributed by atoms with Crippen LogP contribution in [0.2, 0.25) is 0 Å². The average Bonchev–Trinajstić information content (AvgIpc) is 2.84. The molecular formula is C16H25N3O3. The third-order valence-corrected chi connectivity index (χ3v) is 4.49. The Labute approximate surface area is 131 Å². The molecule has 1 saturated carbocycles. The van der Waals surface area contributed by atoms with Crippen LogP contribution in [0.3, 0.4) is 0 Å². The zero-order valence-corrected chi connectivity index (χ0v) is 13.2. The van der Waals surface area contributed by atoms with Crippen molar-refractivity contribution in [2.24, 2.45) is 5.92 Å². The van der Waals surface area contributed by atoms with Crippen LogP contribution in [0.15, 0.2) is 12.4 Å². The number of ether oxygens (including phenoxy) is 2. The summed E-state index contributed by atoms with van der Waals surface area (Å²) in [5.41, 5.74) is 1.06. The van der Waals surface area contributed by atoms with Crippen molar-refractivity contribution in [3.63, 3.8) is 0 Å².